The molecule has 1 amide bonds. The van der Waals surface area contributed by atoms with Crippen LogP contribution in [0.3, 0.4) is 0 Å². The van der Waals surface area contributed by atoms with Crippen LogP contribution in [0.1, 0.15) is 31.9 Å². The van der Waals surface area contributed by atoms with Crippen molar-refractivity contribution in [2.45, 2.75) is 39.8 Å². The summed E-state index contributed by atoms with van der Waals surface area (Å²) in [7, 11) is 1.70. The van der Waals surface area contributed by atoms with Gasteiger partial charge in [0.05, 0.1) is 6.20 Å². The van der Waals surface area contributed by atoms with Gasteiger partial charge in [0.15, 0.2) is 11.5 Å². The third kappa shape index (κ3) is 5.12. The van der Waals surface area contributed by atoms with Gasteiger partial charge < -0.3 is 19.8 Å². The lowest BCUT2D eigenvalue weighted by atomic mass is 10.0. The van der Waals surface area contributed by atoms with Crippen molar-refractivity contribution in [2.24, 2.45) is 0 Å². The molecule has 2 aromatic heterocycles. The van der Waals surface area contributed by atoms with Crippen LogP contribution in [0.4, 0.5) is 10.6 Å². The molecule has 158 valence electrons. The maximum absolute atomic E-state index is 12.2. The highest BCUT2D eigenvalue weighted by molar-refractivity contribution is 9.10. The largest absolute Gasteiger partial charge is 0.444 e. The molecule has 2 heterocycles. The molecule has 0 saturated carbocycles. The number of aryl methyl sites for hydroxylation is 1. The number of hydrogen-bond acceptors (Lipinski definition) is 8. The van der Waals surface area contributed by atoms with Crippen molar-refractivity contribution in [3.05, 3.63) is 40.1 Å². The Labute approximate surface area is 182 Å². The Kier molecular flexibility index (Phi) is 6.06. The third-order valence-electron chi connectivity index (χ3n) is 4.05. The Morgan fingerprint density at radius 1 is 1.27 bits per heavy atom. The summed E-state index contributed by atoms with van der Waals surface area (Å²) in [5.41, 5.74) is 8.29. The number of halogens is 1. The highest BCUT2D eigenvalue weighted by atomic mass is 79.9. The zero-order valence-electron chi connectivity index (χ0n) is 17.4. The van der Waals surface area contributed by atoms with Crippen LogP contribution in [0.25, 0.3) is 23.0 Å². The monoisotopic (exact) mass is 474 g/mol. The number of nitrogens with two attached hydrogens (primary N) is 1. The first kappa shape index (κ1) is 21.7. The molecule has 0 aliphatic rings. The lowest BCUT2D eigenvalue weighted by Gasteiger charge is -2.24. The molecule has 9 nitrogen and oxygen atoms in total. The summed E-state index contributed by atoms with van der Waals surface area (Å²) in [5.74, 6) is 0.728. The number of aromatic nitrogens is 4. The first-order valence-electron chi connectivity index (χ1n) is 9.19. The minimum atomic E-state index is -0.539. The molecule has 0 unspecified atom stereocenters. The number of carbonyl (C=O) groups is 1. The summed E-state index contributed by atoms with van der Waals surface area (Å²) in [6.45, 7) is 7.86. The van der Waals surface area contributed by atoms with Gasteiger partial charge >= 0.3 is 6.09 Å². The van der Waals surface area contributed by atoms with Gasteiger partial charge in [-0.1, -0.05) is 12.1 Å². The van der Waals surface area contributed by atoms with Gasteiger partial charge in [-0.05, 0) is 60.8 Å². The number of nitrogens with zero attached hydrogens (tertiary/aromatic N) is 5. The van der Waals surface area contributed by atoms with Crippen molar-refractivity contribution >= 4 is 27.8 Å². The van der Waals surface area contributed by atoms with Gasteiger partial charge in [0.25, 0.3) is 5.89 Å². The Bertz CT molecular complexity index is 1080. The van der Waals surface area contributed by atoms with Gasteiger partial charge in [-0.2, -0.15) is 0 Å². The van der Waals surface area contributed by atoms with Crippen LogP contribution in [0.15, 0.2) is 33.4 Å². The number of rotatable bonds is 4. The average Bonchev–Trinajstić information content (AvgIpc) is 3.12. The van der Waals surface area contributed by atoms with E-state index in [0.29, 0.717) is 22.7 Å². The number of anilines is 1. The second-order valence-corrected chi connectivity index (χ2v) is 8.64. The Morgan fingerprint density at radius 2 is 1.97 bits per heavy atom. The van der Waals surface area contributed by atoms with Crippen LogP contribution < -0.4 is 5.73 Å². The van der Waals surface area contributed by atoms with E-state index in [1.54, 1.807) is 7.05 Å². The van der Waals surface area contributed by atoms with Crippen LogP contribution in [0.2, 0.25) is 0 Å². The summed E-state index contributed by atoms with van der Waals surface area (Å²) < 4.78 is 11.7. The van der Waals surface area contributed by atoms with E-state index in [1.807, 2.05) is 45.9 Å². The predicted molar refractivity (Wildman–Crippen MR) is 115 cm³/mol. The van der Waals surface area contributed by atoms with Gasteiger partial charge in [-0.3, -0.25) is 0 Å². The normalized spacial score (nSPS) is 11.4. The SMILES string of the molecule is Cc1cc(CN(C)C(=O)OC(C)(C)C)ccc1-c1nnc(-c2nc(Br)cnc2N)o1. The van der Waals surface area contributed by atoms with Crippen LogP contribution in [0.5, 0.6) is 0 Å². The summed E-state index contributed by atoms with van der Waals surface area (Å²) >= 11 is 3.25. The summed E-state index contributed by atoms with van der Waals surface area (Å²) in [6.07, 6.45) is 1.12. The van der Waals surface area contributed by atoms with Gasteiger partial charge in [0.1, 0.15) is 10.2 Å². The number of carbonyl (C=O) groups excluding carboxylic acids is 1. The fourth-order valence-corrected chi connectivity index (χ4v) is 2.98. The third-order valence-corrected chi connectivity index (χ3v) is 4.43. The molecule has 0 aliphatic carbocycles. The van der Waals surface area contributed by atoms with Gasteiger partial charge in [-0.15, -0.1) is 10.2 Å². The number of nitrogen functional groups attached to an aromatic ring is 1. The molecule has 30 heavy (non-hydrogen) atoms. The molecule has 0 bridgehead atoms. The maximum Gasteiger partial charge on any atom is 0.410 e. The second-order valence-electron chi connectivity index (χ2n) is 7.82. The molecule has 1 aromatic carbocycles. The molecule has 10 heteroatoms. The molecule has 2 N–H and O–H groups in total. The Balaban J connectivity index is 1.79. The minimum absolute atomic E-state index is 0.185. The standard InChI is InChI=1S/C20H23BrN6O3/c1-11-8-12(10-27(5)19(28)30-20(2,3)4)6-7-13(11)17-25-26-18(29-17)15-16(22)23-9-14(21)24-15/h6-9H,10H2,1-5H3,(H2,22,23). The van der Waals surface area contributed by atoms with Gasteiger partial charge in [0, 0.05) is 19.2 Å². The second kappa shape index (κ2) is 8.39. The van der Waals surface area contributed by atoms with Crippen LogP contribution >= 0.6 is 15.9 Å². The van der Waals surface area contributed by atoms with E-state index < -0.39 is 5.60 Å². The molecule has 0 aliphatic heterocycles. The van der Waals surface area contributed by atoms with E-state index in [0.717, 1.165) is 16.7 Å². The zero-order chi connectivity index (χ0) is 22.1. The fourth-order valence-electron chi connectivity index (χ4n) is 2.70. The molecular formula is C20H23BrN6O3. The first-order valence-corrected chi connectivity index (χ1v) is 9.98. The fraction of sp³-hybridized carbons (Fsp3) is 0.350. The van der Waals surface area contributed by atoms with E-state index in [-0.39, 0.29) is 17.8 Å². The molecule has 0 atom stereocenters. The van der Waals surface area contributed by atoms with Crippen molar-refractivity contribution in [1.82, 2.24) is 25.1 Å². The van der Waals surface area contributed by atoms with Crippen molar-refractivity contribution in [3.63, 3.8) is 0 Å². The van der Waals surface area contributed by atoms with Crippen molar-refractivity contribution in [2.75, 3.05) is 12.8 Å². The minimum Gasteiger partial charge on any atom is -0.444 e. The lowest BCUT2D eigenvalue weighted by molar-refractivity contribution is 0.0285. The summed E-state index contributed by atoms with van der Waals surface area (Å²) in [4.78, 5) is 22.0. The number of benzene rings is 1. The zero-order valence-corrected chi connectivity index (χ0v) is 19.0. The number of hydrogen-bond donors (Lipinski definition) is 1. The quantitative estimate of drug-likeness (QED) is 0.596. The van der Waals surface area contributed by atoms with E-state index in [4.69, 9.17) is 14.9 Å². The molecule has 0 saturated heterocycles. The summed E-state index contributed by atoms with van der Waals surface area (Å²) in [6, 6.07) is 5.74. The van der Waals surface area contributed by atoms with E-state index in [9.17, 15) is 4.79 Å². The first-order chi connectivity index (χ1) is 14.0. The highest BCUT2D eigenvalue weighted by Crippen LogP contribution is 2.28. The van der Waals surface area contributed by atoms with Crippen molar-refractivity contribution < 1.29 is 13.9 Å². The Morgan fingerprint density at radius 3 is 2.63 bits per heavy atom. The number of amides is 1. The molecule has 3 aromatic rings. The number of ether oxygens (including phenoxy) is 1. The topological polar surface area (TPSA) is 120 Å². The smallest absolute Gasteiger partial charge is 0.410 e. The predicted octanol–water partition coefficient (Wildman–Crippen LogP) is 4.21. The van der Waals surface area contributed by atoms with E-state index in [2.05, 4.69) is 36.1 Å². The van der Waals surface area contributed by atoms with Gasteiger partial charge in [0.2, 0.25) is 5.89 Å². The van der Waals surface area contributed by atoms with E-state index >= 15 is 0 Å². The average molecular weight is 475 g/mol. The molecule has 0 fully saturated rings. The van der Waals surface area contributed by atoms with Crippen molar-refractivity contribution in [3.8, 4) is 23.0 Å². The van der Waals surface area contributed by atoms with Gasteiger partial charge in [-0.25, -0.2) is 14.8 Å². The van der Waals surface area contributed by atoms with E-state index in [1.165, 1.54) is 11.1 Å². The molecule has 0 spiro atoms. The van der Waals surface area contributed by atoms with Crippen molar-refractivity contribution in [1.29, 1.82) is 0 Å². The molecule has 3 rings (SSSR count). The Hall–Kier alpha value is -3.01. The highest BCUT2D eigenvalue weighted by Gasteiger charge is 2.20. The van der Waals surface area contributed by atoms with Crippen LogP contribution in [-0.2, 0) is 11.3 Å². The van der Waals surface area contributed by atoms with Crippen LogP contribution in [-0.4, -0.2) is 43.8 Å². The lowest BCUT2D eigenvalue weighted by Crippen LogP contribution is -2.33. The molecular weight excluding hydrogens is 452 g/mol. The summed E-state index contributed by atoms with van der Waals surface area (Å²) in [5, 5.41) is 8.16. The maximum atomic E-state index is 12.2. The van der Waals surface area contributed by atoms with Crippen LogP contribution in [0, 0.1) is 6.92 Å². The molecule has 0 radical (unpaired) electrons.